The van der Waals surface area contributed by atoms with Gasteiger partial charge in [0.1, 0.15) is 0 Å². The molecule has 0 radical (unpaired) electrons. The van der Waals surface area contributed by atoms with Crippen molar-refractivity contribution in [2.75, 3.05) is 17.6 Å². The van der Waals surface area contributed by atoms with Crippen LogP contribution >= 0.6 is 0 Å². The Morgan fingerprint density at radius 2 is 2.00 bits per heavy atom. The molecule has 2 N–H and O–H groups in total. The zero-order valence-electron chi connectivity index (χ0n) is 13.4. The molecule has 0 aliphatic carbocycles. The minimum absolute atomic E-state index is 0.0000756. The molecular weight excluding hydrogens is 300 g/mol. The molecule has 1 aromatic rings. The highest BCUT2D eigenvalue weighted by Crippen LogP contribution is 2.37. The van der Waals surface area contributed by atoms with Gasteiger partial charge >= 0.3 is 0 Å². The van der Waals surface area contributed by atoms with Gasteiger partial charge in [0.05, 0.1) is 11.2 Å². The molecule has 0 saturated carbocycles. The number of amides is 1. The van der Waals surface area contributed by atoms with E-state index in [1.165, 1.54) is 0 Å². The Hall–Kier alpha value is -1.40. The lowest BCUT2D eigenvalue weighted by Gasteiger charge is -2.16. The Bertz CT molecular complexity index is 666. The average Bonchev–Trinajstić information content (AvgIpc) is 2.67. The van der Waals surface area contributed by atoms with E-state index >= 15 is 0 Å². The van der Waals surface area contributed by atoms with Gasteiger partial charge in [-0.15, -0.1) is 0 Å². The first-order valence-corrected chi connectivity index (χ1v) is 9.33. The number of nitrogens with one attached hydrogen (secondary N) is 2. The first kappa shape index (κ1) is 17.0. The van der Waals surface area contributed by atoms with Gasteiger partial charge < -0.3 is 5.32 Å². The third-order valence-corrected chi connectivity index (χ3v) is 5.55. The molecule has 0 saturated heterocycles. The molecule has 1 heterocycles. The highest BCUT2D eigenvalue weighted by atomic mass is 32.2. The molecule has 0 fully saturated rings. The third kappa shape index (κ3) is 3.67. The molecule has 1 aromatic carbocycles. The predicted octanol–water partition coefficient (Wildman–Crippen LogP) is 2.18. The number of benzene rings is 1. The fourth-order valence-corrected chi connectivity index (χ4v) is 3.76. The predicted molar refractivity (Wildman–Crippen MR) is 88.5 cm³/mol. The number of hydrogen-bond donors (Lipinski definition) is 2. The zero-order valence-corrected chi connectivity index (χ0v) is 14.2. The number of hydrogen-bond acceptors (Lipinski definition) is 3. The second kappa shape index (κ2) is 6.38. The maximum Gasteiger partial charge on any atom is 0.234 e. The van der Waals surface area contributed by atoms with Crippen molar-refractivity contribution < 1.29 is 13.2 Å². The van der Waals surface area contributed by atoms with Crippen molar-refractivity contribution in [3.63, 3.8) is 0 Å². The van der Waals surface area contributed by atoms with Crippen LogP contribution in [0, 0.1) is 0 Å². The van der Waals surface area contributed by atoms with Crippen molar-refractivity contribution in [3.05, 3.63) is 29.3 Å². The fraction of sp³-hybridized carbons (Fsp3) is 0.562. The minimum atomic E-state index is -3.17. The molecule has 0 unspecified atom stereocenters. The standard InChI is InChI=1S/C16H24N2O3S/c1-4-5-10-22(20,21)17-9-8-12-6-7-14-13(11-12)16(2,3)15(19)18-14/h6-7,11,17H,4-5,8-10H2,1-3H3,(H,18,19). The summed E-state index contributed by atoms with van der Waals surface area (Å²) in [6.45, 7) is 6.14. The van der Waals surface area contributed by atoms with Crippen molar-refractivity contribution in [2.45, 2.75) is 45.4 Å². The molecule has 6 heteroatoms. The van der Waals surface area contributed by atoms with Gasteiger partial charge in [0, 0.05) is 12.2 Å². The van der Waals surface area contributed by atoms with Gasteiger partial charge in [-0.05, 0) is 43.9 Å². The van der Waals surface area contributed by atoms with Crippen molar-refractivity contribution in [1.82, 2.24) is 4.72 Å². The summed E-state index contributed by atoms with van der Waals surface area (Å²) in [5, 5.41) is 2.87. The molecule has 2 rings (SSSR count). The Kier molecular flexibility index (Phi) is 4.92. The van der Waals surface area contributed by atoms with Gasteiger partial charge in [-0.1, -0.05) is 25.5 Å². The summed E-state index contributed by atoms with van der Waals surface area (Å²) in [4.78, 5) is 11.9. The first-order chi connectivity index (χ1) is 10.3. The lowest BCUT2D eigenvalue weighted by Crippen LogP contribution is -2.28. The lowest BCUT2D eigenvalue weighted by atomic mass is 9.85. The highest BCUT2D eigenvalue weighted by Gasteiger charge is 2.38. The summed E-state index contributed by atoms with van der Waals surface area (Å²) in [6.07, 6.45) is 2.15. The van der Waals surface area contributed by atoms with Gasteiger partial charge in [0.25, 0.3) is 0 Å². The molecule has 0 bridgehead atoms. The number of fused-ring (bicyclic) bond motifs is 1. The number of carbonyl (C=O) groups excluding carboxylic acids is 1. The van der Waals surface area contributed by atoms with Gasteiger partial charge in [-0.25, -0.2) is 13.1 Å². The van der Waals surface area contributed by atoms with E-state index in [2.05, 4.69) is 10.0 Å². The Morgan fingerprint density at radius 3 is 2.68 bits per heavy atom. The second-order valence-electron chi connectivity index (χ2n) is 6.28. The molecule has 5 nitrogen and oxygen atoms in total. The largest absolute Gasteiger partial charge is 0.325 e. The first-order valence-electron chi connectivity index (χ1n) is 7.68. The van der Waals surface area contributed by atoms with Gasteiger partial charge in [-0.3, -0.25) is 4.79 Å². The number of rotatable bonds is 7. The van der Waals surface area contributed by atoms with Gasteiger partial charge in [-0.2, -0.15) is 0 Å². The molecule has 1 amide bonds. The minimum Gasteiger partial charge on any atom is -0.325 e. The zero-order chi connectivity index (χ0) is 16.4. The van der Waals surface area contributed by atoms with Crippen molar-refractivity contribution in [1.29, 1.82) is 0 Å². The fourth-order valence-electron chi connectivity index (χ4n) is 2.53. The summed E-state index contributed by atoms with van der Waals surface area (Å²) in [7, 11) is -3.17. The summed E-state index contributed by atoms with van der Waals surface area (Å²) < 4.78 is 26.1. The van der Waals surface area contributed by atoms with Crippen LogP contribution in [0.1, 0.15) is 44.7 Å². The summed E-state index contributed by atoms with van der Waals surface area (Å²) in [5.41, 5.74) is 2.32. The van der Waals surface area contributed by atoms with Crippen LogP contribution < -0.4 is 10.0 Å². The number of unbranched alkanes of at least 4 members (excludes halogenated alkanes) is 1. The van der Waals surface area contributed by atoms with E-state index < -0.39 is 15.4 Å². The van der Waals surface area contributed by atoms with E-state index in [4.69, 9.17) is 0 Å². The molecule has 0 aromatic heterocycles. The molecule has 122 valence electrons. The average molecular weight is 324 g/mol. The van der Waals surface area contributed by atoms with Crippen LogP contribution in [-0.2, 0) is 26.7 Å². The molecule has 0 atom stereocenters. The molecule has 22 heavy (non-hydrogen) atoms. The van der Waals surface area contributed by atoms with E-state index in [9.17, 15) is 13.2 Å². The van der Waals surface area contributed by atoms with Crippen LogP contribution in [0.15, 0.2) is 18.2 Å². The van der Waals surface area contributed by atoms with Crippen LogP contribution in [0.2, 0.25) is 0 Å². The highest BCUT2D eigenvalue weighted by molar-refractivity contribution is 7.89. The van der Waals surface area contributed by atoms with Crippen LogP contribution in [0.5, 0.6) is 0 Å². The van der Waals surface area contributed by atoms with Crippen LogP contribution in [-0.4, -0.2) is 26.6 Å². The smallest absolute Gasteiger partial charge is 0.234 e. The van der Waals surface area contributed by atoms with E-state index in [1.807, 2.05) is 39.0 Å². The third-order valence-electron chi connectivity index (χ3n) is 4.08. The molecule has 1 aliphatic heterocycles. The van der Waals surface area contributed by atoms with Crippen molar-refractivity contribution in [3.8, 4) is 0 Å². The SMILES string of the molecule is CCCCS(=O)(=O)NCCc1ccc2c(c1)C(C)(C)C(=O)N2. The van der Waals surface area contributed by atoms with Crippen molar-refractivity contribution >= 4 is 21.6 Å². The van der Waals surface area contributed by atoms with E-state index in [1.54, 1.807) is 0 Å². The maximum absolute atomic E-state index is 11.9. The number of sulfonamides is 1. The topological polar surface area (TPSA) is 75.3 Å². The summed E-state index contributed by atoms with van der Waals surface area (Å²) in [5.74, 6) is 0.180. The van der Waals surface area contributed by atoms with Gasteiger partial charge in [0.15, 0.2) is 0 Å². The monoisotopic (exact) mass is 324 g/mol. The summed E-state index contributed by atoms with van der Waals surface area (Å²) in [6, 6.07) is 5.82. The van der Waals surface area contributed by atoms with Crippen molar-refractivity contribution in [2.24, 2.45) is 0 Å². The van der Waals surface area contributed by atoms with Crippen LogP contribution in [0.25, 0.3) is 0 Å². The molecule has 1 aliphatic rings. The van der Waals surface area contributed by atoms with Crippen LogP contribution in [0.4, 0.5) is 5.69 Å². The van der Waals surface area contributed by atoms with E-state index in [-0.39, 0.29) is 11.7 Å². The molecular formula is C16H24N2O3S. The molecule has 0 spiro atoms. The van der Waals surface area contributed by atoms with Crippen LogP contribution in [0.3, 0.4) is 0 Å². The Labute approximate surface area is 132 Å². The number of carbonyl (C=O) groups is 1. The quantitative estimate of drug-likeness (QED) is 0.807. The summed E-state index contributed by atoms with van der Waals surface area (Å²) >= 11 is 0. The Morgan fingerprint density at radius 1 is 1.27 bits per heavy atom. The van der Waals surface area contributed by atoms with E-state index in [0.29, 0.717) is 19.4 Å². The Balaban J connectivity index is 1.99. The van der Waals surface area contributed by atoms with E-state index in [0.717, 1.165) is 23.2 Å². The normalized spacial score (nSPS) is 16.4. The number of anilines is 1. The second-order valence-corrected chi connectivity index (χ2v) is 8.20. The lowest BCUT2D eigenvalue weighted by molar-refractivity contribution is -0.119. The van der Waals surface area contributed by atoms with Gasteiger partial charge in [0.2, 0.25) is 15.9 Å². The maximum atomic E-state index is 11.9.